The van der Waals surface area contributed by atoms with E-state index in [9.17, 15) is 0 Å². The maximum Gasteiger partial charge on any atom is 0.162 e. The van der Waals surface area contributed by atoms with Gasteiger partial charge in [-0.2, -0.15) is 5.10 Å². The second kappa shape index (κ2) is 7.45. The molecule has 0 spiro atoms. The Bertz CT molecular complexity index is 1430. The second-order valence-electron chi connectivity index (χ2n) is 7.59. The number of rotatable bonds is 4. The van der Waals surface area contributed by atoms with E-state index in [4.69, 9.17) is 6.11 Å². The minimum atomic E-state index is 0.208. The van der Waals surface area contributed by atoms with Crippen LogP contribution < -0.4 is 10.1 Å². The van der Waals surface area contributed by atoms with Crippen LogP contribution in [0.2, 0.25) is 0 Å². The summed E-state index contributed by atoms with van der Waals surface area (Å²) in [6, 6.07) is 13.4. The Balaban J connectivity index is 1.33. The molecule has 0 amide bonds. The van der Waals surface area contributed by atoms with Gasteiger partial charge in [0, 0.05) is 41.6 Å². The van der Waals surface area contributed by atoms with E-state index in [2.05, 4.69) is 25.4 Å². The van der Waals surface area contributed by atoms with Crippen molar-refractivity contribution in [3.8, 4) is 28.1 Å². The number of hydrogen-bond donors (Lipinski definition) is 1. The highest BCUT2D eigenvalue weighted by Crippen LogP contribution is 2.30. The Morgan fingerprint density at radius 1 is 1.00 bits per heavy atom. The predicted octanol–water partition coefficient (Wildman–Crippen LogP) is 3.75. The van der Waals surface area contributed by atoms with Crippen LogP contribution in [0.25, 0.3) is 38.9 Å². The van der Waals surface area contributed by atoms with Crippen LogP contribution in [0.5, 0.6) is 5.75 Å². The number of hydrogen-bond acceptors (Lipinski definition) is 6. The van der Waals surface area contributed by atoms with Crippen molar-refractivity contribution in [1.29, 1.82) is 0 Å². The molecule has 0 radical (unpaired) electrons. The molecule has 7 heteroatoms. The van der Waals surface area contributed by atoms with Crippen molar-refractivity contribution in [2.75, 3.05) is 13.1 Å². The summed E-state index contributed by atoms with van der Waals surface area (Å²) in [6.07, 6.45) is 8.80. The maximum absolute atomic E-state index is 7.77. The first-order valence-corrected chi connectivity index (χ1v) is 10.3. The molecule has 7 nitrogen and oxygen atoms in total. The summed E-state index contributed by atoms with van der Waals surface area (Å²) < 4.78 is 15.5. The number of benzene rings is 1. The molecular formula is C24H20N6O. The Morgan fingerprint density at radius 3 is 2.87 bits per heavy atom. The summed E-state index contributed by atoms with van der Waals surface area (Å²) in [5.41, 5.74) is 5.14. The van der Waals surface area contributed by atoms with Gasteiger partial charge in [0.2, 0.25) is 0 Å². The topological polar surface area (TPSA) is 77.2 Å². The third kappa shape index (κ3) is 3.29. The lowest BCUT2D eigenvalue weighted by atomic mass is 10.0. The van der Waals surface area contributed by atoms with Crippen LogP contribution in [0, 0.1) is 0 Å². The molecular weight excluding hydrogens is 388 g/mol. The average molecular weight is 409 g/mol. The number of ether oxygens (including phenoxy) is 1. The van der Waals surface area contributed by atoms with E-state index >= 15 is 0 Å². The molecule has 1 atom stereocenters. The minimum Gasteiger partial charge on any atom is -0.487 e. The molecule has 1 aromatic carbocycles. The van der Waals surface area contributed by atoms with Crippen LogP contribution in [0.1, 0.15) is 7.79 Å². The van der Waals surface area contributed by atoms with Gasteiger partial charge in [0.1, 0.15) is 11.9 Å². The molecule has 5 aromatic rings. The van der Waals surface area contributed by atoms with Gasteiger partial charge in [-0.15, -0.1) is 0 Å². The van der Waals surface area contributed by atoms with E-state index in [0.717, 1.165) is 64.2 Å². The van der Waals surface area contributed by atoms with Crippen molar-refractivity contribution in [3.63, 3.8) is 0 Å². The Kier molecular flexibility index (Phi) is 4.06. The van der Waals surface area contributed by atoms with Gasteiger partial charge in [-0.05, 0) is 42.8 Å². The lowest BCUT2D eigenvalue weighted by Gasteiger charge is -2.12. The molecule has 1 N–H and O–H groups in total. The summed E-state index contributed by atoms with van der Waals surface area (Å²) in [4.78, 5) is 13.6. The molecule has 0 unspecified atom stereocenters. The lowest BCUT2D eigenvalue weighted by Crippen LogP contribution is -2.19. The first-order valence-electron chi connectivity index (χ1n) is 10.8. The van der Waals surface area contributed by atoms with E-state index in [1.807, 2.05) is 55.0 Å². The van der Waals surface area contributed by atoms with E-state index in [1.54, 1.807) is 16.8 Å². The van der Waals surface area contributed by atoms with Crippen LogP contribution in [0.4, 0.5) is 0 Å². The highest BCUT2D eigenvalue weighted by Gasteiger charge is 2.16. The van der Waals surface area contributed by atoms with E-state index < -0.39 is 0 Å². The number of nitrogens with one attached hydrogen (secondary N) is 1. The first kappa shape index (κ1) is 16.9. The second-order valence-corrected chi connectivity index (χ2v) is 7.59. The van der Waals surface area contributed by atoms with Gasteiger partial charge < -0.3 is 10.1 Å². The fourth-order valence-corrected chi connectivity index (χ4v) is 4.03. The highest BCUT2D eigenvalue weighted by atomic mass is 16.5. The standard InChI is InChI=1S/C24H20N6O/c1-3-19(20-4-2-9-26-23(20)5-1)21-14-29-30-15-16(11-28-24(21)30)22-7-6-17(13-27-22)31-18-8-10-25-12-18/h1-7,9,11,13-15,18,25H,8,10,12H2/t18-/m0/s1/i9D. The molecule has 4 aromatic heterocycles. The first-order chi connectivity index (χ1) is 15.7. The molecule has 1 aliphatic rings. The molecule has 1 saturated heterocycles. The Morgan fingerprint density at radius 2 is 2.00 bits per heavy atom. The fraction of sp³-hybridized carbons (Fsp3) is 0.167. The Hall–Kier alpha value is -3.84. The normalized spacial score (nSPS) is 16.6. The molecule has 1 aliphatic heterocycles. The van der Waals surface area contributed by atoms with Gasteiger partial charge in [-0.25, -0.2) is 9.50 Å². The van der Waals surface area contributed by atoms with Crippen molar-refractivity contribution in [3.05, 3.63) is 73.4 Å². The number of nitrogens with zero attached hydrogens (tertiary/aromatic N) is 5. The van der Waals surface area contributed by atoms with Crippen molar-refractivity contribution in [1.82, 2.24) is 29.9 Å². The smallest absolute Gasteiger partial charge is 0.162 e. The number of fused-ring (bicyclic) bond motifs is 2. The summed E-state index contributed by atoms with van der Waals surface area (Å²) >= 11 is 0. The maximum atomic E-state index is 7.77. The summed E-state index contributed by atoms with van der Waals surface area (Å²) in [5.74, 6) is 0.776. The van der Waals surface area contributed by atoms with Gasteiger partial charge in [0.15, 0.2) is 5.65 Å². The van der Waals surface area contributed by atoms with Crippen molar-refractivity contribution in [2.24, 2.45) is 0 Å². The molecule has 5 heterocycles. The molecule has 0 bridgehead atoms. The fourth-order valence-electron chi connectivity index (χ4n) is 4.03. The van der Waals surface area contributed by atoms with E-state index in [-0.39, 0.29) is 12.3 Å². The van der Waals surface area contributed by atoms with Crippen LogP contribution in [-0.2, 0) is 0 Å². The monoisotopic (exact) mass is 409 g/mol. The van der Waals surface area contributed by atoms with Crippen LogP contribution in [0.3, 0.4) is 0 Å². The lowest BCUT2D eigenvalue weighted by molar-refractivity contribution is 0.222. The van der Waals surface area contributed by atoms with Crippen LogP contribution >= 0.6 is 0 Å². The molecule has 6 rings (SSSR count). The molecule has 1 fully saturated rings. The third-order valence-corrected chi connectivity index (χ3v) is 5.59. The number of aromatic nitrogens is 5. The summed E-state index contributed by atoms with van der Waals surface area (Å²) in [5, 5.41) is 8.80. The molecule has 0 aliphatic carbocycles. The SMILES string of the molecule is [2H]c1ccc2c(-c3cnn4cc(-c5ccc(O[C@H]6CCNC6)cn5)cnc34)cccc2n1. The van der Waals surface area contributed by atoms with Crippen molar-refractivity contribution in [2.45, 2.75) is 12.5 Å². The predicted molar refractivity (Wildman–Crippen MR) is 119 cm³/mol. The van der Waals surface area contributed by atoms with Gasteiger partial charge >= 0.3 is 0 Å². The van der Waals surface area contributed by atoms with Crippen molar-refractivity contribution < 1.29 is 6.11 Å². The molecule has 0 saturated carbocycles. The zero-order chi connectivity index (χ0) is 21.5. The van der Waals surface area contributed by atoms with Crippen LogP contribution in [0.15, 0.2) is 73.4 Å². The largest absolute Gasteiger partial charge is 0.487 e. The van der Waals surface area contributed by atoms with Crippen molar-refractivity contribution >= 4 is 16.6 Å². The van der Waals surface area contributed by atoms with Gasteiger partial charge in [0.25, 0.3) is 0 Å². The molecule has 152 valence electrons. The van der Waals surface area contributed by atoms with E-state index in [1.165, 1.54) is 0 Å². The summed E-state index contributed by atoms with van der Waals surface area (Å²) in [6.45, 7) is 1.87. The van der Waals surface area contributed by atoms with Gasteiger partial charge in [-0.3, -0.25) is 9.97 Å². The van der Waals surface area contributed by atoms with E-state index in [0.29, 0.717) is 0 Å². The zero-order valence-corrected chi connectivity index (χ0v) is 16.7. The summed E-state index contributed by atoms with van der Waals surface area (Å²) in [7, 11) is 0. The van der Waals surface area contributed by atoms with Gasteiger partial charge in [-0.1, -0.05) is 18.2 Å². The van der Waals surface area contributed by atoms with Gasteiger partial charge in [0.05, 0.1) is 25.0 Å². The quantitative estimate of drug-likeness (QED) is 0.487. The Labute approximate surface area is 180 Å². The molecule has 31 heavy (non-hydrogen) atoms. The third-order valence-electron chi connectivity index (χ3n) is 5.59. The number of pyridine rings is 2. The minimum absolute atomic E-state index is 0.208. The zero-order valence-electron chi connectivity index (χ0n) is 17.7. The average Bonchev–Trinajstić information content (AvgIpc) is 3.48. The highest BCUT2D eigenvalue weighted by molar-refractivity contribution is 5.97. The van der Waals surface area contributed by atoms with Crippen LogP contribution in [-0.4, -0.2) is 43.8 Å².